The van der Waals surface area contributed by atoms with Gasteiger partial charge in [-0.3, -0.25) is 4.79 Å². The molecule has 1 aliphatic rings. The van der Waals surface area contributed by atoms with E-state index in [4.69, 9.17) is 21.3 Å². The number of hydrogen-bond donors (Lipinski definition) is 0. The summed E-state index contributed by atoms with van der Waals surface area (Å²) in [5.74, 6) is 1.80. The molecule has 1 saturated heterocycles. The molecule has 3 aromatic carbocycles. The molecule has 4 aromatic rings. The number of hydrogen-bond acceptors (Lipinski definition) is 3. The molecule has 33 heavy (non-hydrogen) atoms. The van der Waals surface area contributed by atoms with Gasteiger partial charge in [0.1, 0.15) is 11.6 Å². The fourth-order valence-corrected chi connectivity index (χ4v) is 5.08. The Kier molecular flexibility index (Phi) is 6.38. The third-order valence-corrected chi connectivity index (χ3v) is 6.92. The zero-order chi connectivity index (χ0) is 22.8. The normalized spacial score (nSPS) is 16.0. The van der Waals surface area contributed by atoms with Crippen LogP contribution in [0.1, 0.15) is 24.6 Å². The number of imidazole rings is 1. The summed E-state index contributed by atoms with van der Waals surface area (Å²) in [6, 6.07) is 23.5. The van der Waals surface area contributed by atoms with Gasteiger partial charge < -0.3 is 14.2 Å². The molecule has 0 bridgehead atoms. The maximum Gasteiger partial charge on any atom is 0.227 e. The fraction of sp³-hybridized carbons (Fsp3) is 0.231. The molecule has 0 radical (unpaired) electrons. The van der Waals surface area contributed by atoms with E-state index in [0.29, 0.717) is 30.3 Å². The summed E-state index contributed by atoms with van der Waals surface area (Å²) in [6.45, 7) is 1.91. The molecule has 1 fully saturated rings. The summed E-state index contributed by atoms with van der Waals surface area (Å²) in [4.78, 5) is 19.7. The van der Waals surface area contributed by atoms with Crippen LogP contribution in [-0.2, 0) is 11.3 Å². The van der Waals surface area contributed by atoms with Crippen LogP contribution >= 0.6 is 27.5 Å². The molecule has 7 heteroatoms. The first-order valence-corrected chi connectivity index (χ1v) is 12.2. The quantitative estimate of drug-likeness (QED) is 0.261. The molecule has 5 rings (SSSR count). The second-order valence-corrected chi connectivity index (χ2v) is 9.36. The number of amides is 1. The number of halogens is 2. The highest BCUT2D eigenvalue weighted by molar-refractivity contribution is 9.10. The number of rotatable bonds is 7. The number of carbonyl (C=O) groups is 1. The van der Waals surface area contributed by atoms with Crippen molar-refractivity contribution >= 4 is 50.2 Å². The first-order chi connectivity index (χ1) is 16.1. The van der Waals surface area contributed by atoms with Gasteiger partial charge >= 0.3 is 0 Å². The van der Waals surface area contributed by atoms with Gasteiger partial charge in [-0.1, -0.05) is 48.0 Å². The first kappa shape index (κ1) is 22.0. The molecule has 0 spiro atoms. The average molecular weight is 525 g/mol. The SMILES string of the molecule is O=C1CC(c2nc3ccccc3n2CCCOc2ccccc2Cl)CN1c1ccccc1Br. The molecular formula is C26H23BrClN3O2. The van der Waals surface area contributed by atoms with Gasteiger partial charge in [0.2, 0.25) is 5.91 Å². The van der Waals surface area contributed by atoms with Crippen LogP contribution in [0, 0.1) is 0 Å². The Morgan fingerprint density at radius 3 is 2.64 bits per heavy atom. The van der Waals surface area contributed by atoms with Crippen molar-refractivity contribution in [3.05, 3.63) is 88.1 Å². The van der Waals surface area contributed by atoms with E-state index in [0.717, 1.165) is 40.0 Å². The summed E-state index contributed by atoms with van der Waals surface area (Å²) in [7, 11) is 0. The summed E-state index contributed by atoms with van der Waals surface area (Å²) in [6.07, 6.45) is 1.24. The summed E-state index contributed by atoms with van der Waals surface area (Å²) in [5, 5.41) is 0.614. The van der Waals surface area contributed by atoms with E-state index >= 15 is 0 Å². The molecule has 1 amide bonds. The predicted octanol–water partition coefficient (Wildman–Crippen LogP) is 6.44. The Hall–Kier alpha value is -2.83. The van der Waals surface area contributed by atoms with Crippen LogP contribution < -0.4 is 9.64 Å². The van der Waals surface area contributed by atoms with Crippen molar-refractivity contribution in [3.63, 3.8) is 0 Å². The molecule has 0 saturated carbocycles. The Bertz CT molecular complexity index is 1310. The number of fused-ring (bicyclic) bond motifs is 1. The van der Waals surface area contributed by atoms with Gasteiger partial charge in [-0.15, -0.1) is 0 Å². The molecule has 1 atom stereocenters. The molecule has 0 N–H and O–H groups in total. The first-order valence-electron chi connectivity index (χ1n) is 11.0. The topological polar surface area (TPSA) is 47.4 Å². The third-order valence-electron chi connectivity index (χ3n) is 5.94. The summed E-state index contributed by atoms with van der Waals surface area (Å²) in [5.41, 5.74) is 2.93. The van der Waals surface area contributed by atoms with Gasteiger partial charge in [0, 0.05) is 29.9 Å². The number of nitrogens with zero attached hydrogens (tertiary/aromatic N) is 3. The highest BCUT2D eigenvalue weighted by atomic mass is 79.9. The maximum atomic E-state index is 12.9. The van der Waals surface area contributed by atoms with Crippen LogP contribution in [0.3, 0.4) is 0 Å². The number of para-hydroxylation sites is 4. The zero-order valence-corrected chi connectivity index (χ0v) is 20.3. The third kappa shape index (κ3) is 4.50. The van der Waals surface area contributed by atoms with Crippen LogP contribution in [0.4, 0.5) is 5.69 Å². The minimum Gasteiger partial charge on any atom is -0.492 e. The van der Waals surface area contributed by atoms with Crippen molar-refractivity contribution in [3.8, 4) is 5.75 Å². The van der Waals surface area contributed by atoms with E-state index < -0.39 is 0 Å². The van der Waals surface area contributed by atoms with E-state index in [1.807, 2.05) is 71.6 Å². The molecule has 168 valence electrons. The zero-order valence-electron chi connectivity index (χ0n) is 18.0. The van der Waals surface area contributed by atoms with Gasteiger partial charge in [0.05, 0.1) is 28.4 Å². The largest absolute Gasteiger partial charge is 0.492 e. The Morgan fingerprint density at radius 2 is 1.79 bits per heavy atom. The van der Waals surface area contributed by atoms with Crippen molar-refractivity contribution in [2.45, 2.75) is 25.3 Å². The van der Waals surface area contributed by atoms with Gasteiger partial charge in [-0.25, -0.2) is 4.98 Å². The maximum absolute atomic E-state index is 12.9. The van der Waals surface area contributed by atoms with Crippen LogP contribution in [-0.4, -0.2) is 28.6 Å². The van der Waals surface area contributed by atoms with E-state index in [1.54, 1.807) is 0 Å². The van der Waals surface area contributed by atoms with Crippen molar-refractivity contribution in [2.75, 3.05) is 18.1 Å². The number of carbonyl (C=O) groups excluding carboxylic acids is 1. The summed E-state index contributed by atoms with van der Waals surface area (Å²) < 4.78 is 9.05. The lowest BCUT2D eigenvalue weighted by Gasteiger charge is -2.19. The smallest absolute Gasteiger partial charge is 0.227 e. The van der Waals surface area contributed by atoms with E-state index in [-0.39, 0.29) is 11.8 Å². The van der Waals surface area contributed by atoms with Crippen molar-refractivity contribution < 1.29 is 9.53 Å². The standard InChI is InChI=1S/C26H23BrClN3O2/c27-19-8-1-4-11-22(19)31-17-18(16-25(31)32)26-29-21-10-3-5-12-23(21)30(26)14-7-15-33-24-13-6-2-9-20(24)28/h1-6,8-13,18H,7,14-17H2. The number of aromatic nitrogens is 2. The second-order valence-electron chi connectivity index (χ2n) is 8.10. The lowest BCUT2D eigenvalue weighted by Crippen LogP contribution is -2.25. The Labute approximate surface area is 206 Å². The molecule has 1 unspecified atom stereocenters. The number of aryl methyl sites for hydroxylation is 1. The minimum atomic E-state index is 0.0292. The summed E-state index contributed by atoms with van der Waals surface area (Å²) >= 11 is 9.78. The van der Waals surface area contributed by atoms with E-state index in [2.05, 4.69) is 26.6 Å². The fourth-order valence-electron chi connectivity index (χ4n) is 4.39. The van der Waals surface area contributed by atoms with Crippen LogP contribution in [0.5, 0.6) is 5.75 Å². The predicted molar refractivity (Wildman–Crippen MR) is 135 cm³/mol. The number of ether oxygens (including phenoxy) is 1. The van der Waals surface area contributed by atoms with E-state index in [1.165, 1.54) is 0 Å². The molecular weight excluding hydrogens is 502 g/mol. The van der Waals surface area contributed by atoms with Crippen molar-refractivity contribution in [1.82, 2.24) is 9.55 Å². The highest BCUT2D eigenvalue weighted by Gasteiger charge is 2.35. The molecule has 1 aromatic heterocycles. The highest BCUT2D eigenvalue weighted by Crippen LogP contribution is 2.36. The van der Waals surface area contributed by atoms with Crippen LogP contribution in [0.2, 0.25) is 5.02 Å². The molecule has 5 nitrogen and oxygen atoms in total. The Morgan fingerprint density at radius 1 is 1.03 bits per heavy atom. The van der Waals surface area contributed by atoms with Gasteiger partial charge in [-0.2, -0.15) is 0 Å². The lowest BCUT2D eigenvalue weighted by molar-refractivity contribution is -0.117. The molecule has 1 aliphatic heterocycles. The Balaban J connectivity index is 1.36. The van der Waals surface area contributed by atoms with Crippen molar-refractivity contribution in [2.24, 2.45) is 0 Å². The second kappa shape index (κ2) is 9.57. The van der Waals surface area contributed by atoms with Gasteiger partial charge in [0.25, 0.3) is 0 Å². The number of benzene rings is 3. The minimum absolute atomic E-state index is 0.0292. The average Bonchev–Trinajstić information content (AvgIpc) is 3.38. The molecule has 0 aliphatic carbocycles. The monoisotopic (exact) mass is 523 g/mol. The van der Waals surface area contributed by atoms with Gasteiger partial charge in [0.15, 0.2) is 0 Å². The number of anilines is 1. The lowest BCUT2D eigenvalue weighted by atomic mass is 10.1. The van der Waals surface area contributed by atoms with Crippen molar-refractivity contribution in [1.29, 1.82) is 0 Å². The van der Waals surface area contributed by atoms with Crippen LogP contribution in [0.15, 0.2) is 77.3 Å². The molecule has 2 heterocycles. The van der Waals surface area contributed by atoms with E-state index in [9.17, 15) is 4.79 Å². The van der Waals surface area contributed by atoms with Crippen LogP contribution in [0.25, 0.3) is 11.0 Å². The van der Waals surface area contributed by atoms with Gasteiger partial charge in [-0.05, 0) is 58.7 Å².